The number of carbonyl (C=O) groups excluding carboxylic acids is 2. The summed E-state index contributed by atoms with van der Waals surface area (Å²) in [5, 5.41) is 15.9. The molecule has 186 valence electrons. The second-order valence-electron chi connectivity index (χ2n) is 8.35. The Morgan fingerprint density at radius 2 is 1.59 bits per heavy atom. The van der Waals surface area contributed by atoms with Crippen molar-refractivity contribution in [2.75, 3.05) is 21.6 Å². The minimum atomic E-state index is -4.25. The Kier molecular flexibility index (Phi) is 5.84. The first-order chi connectivity index (χ1) is 17.7. The summed E-state index contributed by atoms with van der Waals surface area (Å²) < 4.78 is 27.3. The molecule has 1 aliphatic heterocycles. The van der Waals surface area contributed by atoms with E-state index >= 15 is 0 Å². The molecule has 0 aliphatic carbocycles. The second-order valence-corrected chi connectivity index (χ2v) is 10.3. The predicted molar refractivity (Wildman–Crippen MR) is 139 cm³/mol. The van der Waals surface area contributed by atoms with Crippen molar-refractivity contribution in [2.45, 2.75) is 11.3 Å². The number of nitrogens with zero attached hydrogens (tertiary/aromatic N) is 3. The zero-order valence-electron chi connectivity index (χ0n) is 19.5. The van der Waals surface area contributed by atoms with E-state index < -0.39 is 37.3 Å². The number of nitro benzene ring substituents is 1. The van der Waals surface area contributed by atoms with Gasteiger partial charge in [0.1, 0.15) is 6.42 Å². The number of nitro groups is 1. The molecule has 4 aromatic rings. The molecule has 0 bridgehead atoms. The third-order valence-corrected chi connectivity index (χ3v) is 7.98. The number of fused-ring (bicyclic) bond motifs is 3. The zero-order chi connectivity index (χ0) is 26.3. The number of sulfonamides is 1. The van der Waals surface area contributed by atoms with Crippen LogP contribution in [0.15, 0.2) is 89.8 Å². The van der Waals surface area contributed by atoms with Crippen molar-refractivity contribution < 1.29 is 22.9 Å². The molecule has 0 aromatic heterocycles. The minimum absolute atomic E-state index is 0.233. The van der Waals surface area contributed by atoms with E-state index in [1.54, 1.807) is 18.2 Å². The van der Waals surface area contributed by atoms with Crippen LogP contribution in [-0.4, -0.2) is 32.2 Å². The van der Waals surface area contributed by atoms with E-state index in [-0.39, 0.29) is 12.1 Å². The number of hydrogen-bond acceptors (Lipinski definition) is 6. The van der Waals surface area contributed by atoms with Crippen LogP contribution in [0.5, 0.6) is 0 Å². The van der Waals surface area contributed by atoms with Gasteiger partial charge < -0.3 is 5.32 Å². The summed E-state index contributed by atoms with van der Waals surface area (Å²) in [4.78, 5) is 37.2. The zero-order valence-corrected chi connectivity index (χ0v) is 20.3. The SMILES string of the molecule is CN(c1ccc(N2C(=O)CC(=O)Nc3c2ccc2ccccc32)cc1)S(=O)(=O)c1ccccc1[N+](=O)[O-]. The van der Waals surface area contributed by atoms with E-state index in [2.05, 4.69) is 5.32 Å². The molecular formula is C26H20N4O6S. The van der Waals surface area contributed by atoms with Gasteiger partial charge in [-0.1, -0.05) is 42.5 Å². The van der Waals surface area contributed by atoms with Crippen LogP contribution in [0.25, 0.3) is 10.8 Å². The number of hydrogen-bond donors (Lipinski definition) is 1. The molecule has 0 atom stereocenters. The fourth-order valence-corrected chi connectivity index (χ4v) is 5.67. The van der Waals surface area contributed by atoms with Gasteiger partial charge in [0.15, 0.2) is 4.90 Å². The van der Waals surface area contributed by atoms with Gasteiger partial charge >= 0.3 is 0 Å². The van der Waals surface area contributed by atoms with Crippen LogP contribution in [0.1, 0.15) is 6.42 Å². The number of amides is 2. The molecule has 1 aliphatic rings. The minimum Gasteiger partial charge on any atom is -0.323 e. The predicted octanol–water partition coefficient (Wildman–Crippen LogP) is 4.58. The highest BCUT2D eigenvalue weighted by Crippen LogP contribution is 2.40. The molecule has 1 heterocycles. The normalized spacial score (nSPS) is 13.6. The van der Waals surface area contributed by atoms with Crippen molar-refractivity contribution in [1.82, 2.24) is 0 Å². The van der Waals surface area contributed by atoms with Crippen molar-refractivity contribution >= 4 is 61.0 Å². The first-order valence-corrected chi connectivity index (χ1v) is 12.6. The molecule has 37 heavy (non-hydrogen) atoms. The van der Waals surface area contributed by atoms with E-state index in [9.17, 15) is 28.1 Å². The summed E-state index contributed by atoms with van der Waals surface area (Å²) in [5.41, 5.74) is 1.13. The highest BCUT2D eigenvalue weighted by Gasteiger charge is 2.31. The first-order valence-electron chi connectivity index (χ1n) is 11.2. The summed E-state index contributed by atoms with van der Waals surface area (Å²) >= 11 is 0. The Balaban J connectivity index is 1.55. The largest absolute Gasteiger partial charge is 0.323 e. The van der Waals surface area contributed by atoms with Crippen molar-refractivity contribution in [1.29, 1.82) is 0 Å². The summed E-state index contributed by atoms with van der Waals surface area (Å²) in [6.07, 6.45) is -0.364. The van der Waals surface area contributed by atoms with E-state index in [0.29, 0.717) is 17.1 Å². The first kappa shape index (κ1) is 23.9. The molecule has 0 saturated heterocycles. The van der Waals surface area contributed by atoms with Crippen LogP contribution in [0.3, 0.4) is 0 Å². The lowest BCUT2D eigenvalue weighted by atomic mass is 10.1. The van der Waals surface area contributed by atoms with Crippen LogP contribution in [-0.2, 0) is 19.6 Å². The molecule has 4 aromatic carbocycles. The monoisotopic (exact) mass is 516 g/mol. The van der Waals surface area contributed by atoms with Crippen LogP contribution in [0.2, 0.25) is 0 Å². The van der Waals surface area contributed by atoms with Crippen LogP contribution < -0.4 is 14.5 Å². The molecule has 11 heteroatoms. The van der Waals surface area contributed by atoms with Crippen LogP contribution >= 0.6 is 0 Å². The van der Waals surface area contributed by atoms with Gasteiger partial charge in [0, 0.05) is 24.2 Å². The molecule has 0 saturated carbocycles. The quantitative estimate of drug-likeness (QED) is 0.235. The molecular weight excluding hydrogens is 496 g/mol. The summed E-state index contributed by atoms with van der Waals surface area (Å²) in [7, 11) is -2.95. The van der Waals surface area contributed by atoms with Gasteiger partial charge in [-0.25, -0.2) is 8.42 Å². The Bertz CT molecular complexity index is 1690. The lowest BCUT2D eigenvalue weighted by Gasteiger charge is -2.25. The maximum atomic E-state index is 13.2. The van der Waals surface area contributed by atoms with Gasteiger partial charge in [-0.2, -0.15) is 0 Å². The highest BCUT2D eigenvalue weighted by molar-refractivity contribution is 7.93. The van der Waals surface area contributed by atoms with E-state index in [4.69, 9.17) is 0 Å². The smallest absolute Gasteiger partial charge is 0.289 e. The van der Waals surface area contributed by atoms with Crippen molar-refractivity contribution in [2.24, 2.45) is 0 Å². The lowest BCUT2D eigenvalue weighted by molar-refractivity contribution is -0.387. The third kappa shape index (κ3) is 4.15. The molecule has 2 amide bonds. The third-order valence-electron chi connectivity index (χ3n) is 6.15. The number of para-hydroxylation sites is 1. The Hall–Kier alpha value is -4.77. The Morgan fingerprint density at radius 1 is 0.919 bits per heavy atom. The Labute approximate surface area is 211 Å². The van der Waals surface area contributed by atoms with Gasteiger partial charge in [0.2, 0.25) is 11.8 Å². The lowest BCUT2D eigenvalue weighted by Crippen LogP contribution is -2.28. The number of nitrogens with one attached hydrogen (secondary N) is 1. The molecule has 5 rings (SSSR count). The summed E-state index contributed by atoms with van der Waals surface area (Å²) in [6, 6.07) is 22.3. The standard InChI is InChI=1S/C26H20N4O6S/c1-28(37(35,36)23-9-5-4-8-21(23)30(33)34)18-11-13-19(14-12-18)29-22-15-10-17-6-2-3-7-20(17)26(22)27-24(31)16-25(29)32/h2-15H,16H2,1H3,(H,27,31). The highest BCUT2D eigenvalue weighted by atomic mass is 32.2. The molecule has 1 N–H and O–H groups in total. The molecule has 0 spiro atoms. The average molecular weight is 517 g/mol. The maximum Gasteiger partial charge on any atom is 0.289 e. The molecule has 0 unspecified atom stereocenters. The van der Waals surface area contributed by atoms with Crippen molar-refractivity contribution in [3.05, 3.63) is 95.0 Å². The van der Waals surface area contributed by atoms with Gasteiger partial charge in [-0.15, -0.1) is 0 Å². The van der Waals surface area contributed by atoms with Crippen molar-refractivity contribution in [3.8, 4) is 0 Å². The molecule has 10 nitrogen and oxygen atoms in total. The number of carbonyl (C=O) groups is 2. The van der Waals surface area contributed by atoms with Gasteiger partial charge in [-0.05, 0) is 41.8 Å². The number of anilines is 4. The summed E-state index contributed by atoms with van der Waals surface area (Å²) in [5.74, 6) is -0.878. The number of rotatable bonds is 5. The van der Waals surface area contributed by atoms with Crippen LogP contribution in [0, 0.1) is 10.1 Å². The average Bonchev–Trinajstić information content (AvgIpc) is 3.02. The fraction of sp³-hybridized carbons (Fsp3) is 0.0769. The second kappa shape index (κ2) is 9.03. The Morgan fingerprint density at radius 3 is 2.32 bits per heavy atom. The summed E-state index contributed by atoms with van der Waals surface area (Å²) in [6.45, 7) is 0. The van der Waals surface area contributed by atoms with Gasteiger partial charge in [0.25, 0.3) is 15.7 Å². The fourth-order valence-electron chi connectivity index (χ4n) is 4.32. The van der Waals surface area contributed by atoms with E-state index in [1.807, 2.05) is 30.3 Å². The molecule has 0 fully saturated rings. The van der Waals surface area contributed by atoms with E-state index in [0.717, 1.165) is 21.1 Å². The van der Waals surface area contributed by atoms with Gasteiger partial charge in [0.05, 0.1) is 22.0 Å². The van der Waals surface area contributed by atoms with Gasteiger partial charge in [-0.3, -0.25) is 28.9 Å². The number of benzene rings is 4. The van der Waals surface area contributed by atoms with E-state index in [1.165, 1.54) is 42.3 Å². The topological polar surface area (TPSA) is 130 Å². The molecule has 0 radical (unpaired) electrons. The maximum absolute atomic E-state index is 13.2. The van der Waals surface area contributed by atoms with Crippen molar-refractivity contribution in [3.63, 3.8) is 0 Å². The van der Waals surface area contributed by atoms with Crippen LogP contribution in [0.4, 0.5) is 28.4 Å².